The van der Waals surface area contributed by atoms with Crippen molar-refractivity contribution in [3.8, 4) is 0 Å². The summed E-state index contributed by atoms with van der Waals surface area (Å²) in [7, 11) is 0. The zero-order valence-electron chi connectivity index (χ0n) is 12.9. The molecule has 112 valence electrons. The number of aromatic nitrogens is 2. The van der Waals surface area contributed by atoms with Crippen LogP contribution in [0.15, 0.2) is 42.9 Å². The fraction of sp³-hybridized carbons (Fsp3) is 0.412. The lowest BCUT2D eigenvalue weighted by molar-refractivity contribution is 0.673. The average molecular weight is 284 g/mol. The highest BCUT2D eigenvalue weighted by molar-refractivity contribution is 5.40. The lowest BCUT2D eigenvalue weighted by Crippen LogP contribution is -2.23. The van der Waals surface area contributed by atoms with Crippen LogP contribution < -0.4 is 10.2 Å². The highest BCUT2D eigenvalue weighted by atomic mass is 15.2. The van der Waals surface area contributed by atoms with Gasteiger partial charge in [-0.05, 0) is 49.2 Å². The van der Waals surface area contributed by atoms with Crippen molar-refractivity contribution in [1.29, 1.82) is 0 Å². The van der Waals surface area contributed by atoms with Crippen molar-refractivity contribution in [2.75, 3.05) is 18.0 Å². The first-order chi connectivity index (χ1) is 10.3. The summed E-state index contributed by atoms with van der Waals surface area (Å²) in [6.07, 6.45) is 6.78. The second kappa shape index (κ2) is 8.37. The molecule has 2 aromatic heterocycles. The first kappa shape index (κ1) is 15.4. The Morgan fingerprint density at radius 3 is 2.48 bits per heavy atom. The van der Waals surface area contributed by atoms with Gasteiger partial charge in [0.05, 0.1) is 0 Å². The number of nitrogens with one attached hydrogen (secondary N) is 1. The van der Waals surface area contributed by atoms with E-state index in [1.807, 2.05) is 30.7 Å². The lowest BCUT2D eigenvalue weighted by atomic mass is 10.2. The van der Waals surface area contributed by atoms with Gasteiger partial charge in [0.2, 0.25) is 0 Å². The van der Waals surface area contributed by atoms with Gasteiger partial charge < -0.3 is 10.2 Å². The van der Waals surface area contributed by atoms with Crippen molar-refractivity contribution in [1.82, 2.24) is 15.3 Å². The second-order valence-electron chi connectivity index (χ2n) is 5.07. The molecule has 4 nitrogen and oxygen atoms in total. The van der Waals surface area contributed by atoms with Crippen LogP contribution in [0.4, 0.5) is 5.82 Å². The zero-order chi connectivity index (χ0) is 14.9. The quantitative estimate of drug-likeness (QED) is 0.757. The summed E-state index contributed by atoms with van der Waals surface area (Å²) < 4.78 is 0. The Balaban J connectivity index is 1.98. The molecule has 0 radical (unpaired) electrons. The maximum absolute atomic E-state index is 4.60. The van der Waals surface area contributed by atoms with E-state index >= 15 is 0 Å². The predicted octanol–water partition coefficient (Wildman–Crippen LogP) is 3.00. The van der Waals surface area contributed by atoms with Gasteiger partial charge in [-0.25, -0.2) is 4.98 Å². The predicted molar refractivity (Wildman–Crippen MR) is 87.2 cm³/mol. The smallest absolute Gasteiger partial charge is 0.128 e. The van der Waals surface area contributed by atoms with E-state index in [1.54, 1.807) is 0 Å². The minimum atomic E-state index is 0.861. The summed E-state index contributed by atoms with van der Waals surface area (Å²) in [6.45, 7) is 8.05. The Morgan fingerprint density at radius 2 is 1.86 bits per heavy atom. The molecule has 1 N–H and O–H groups in total. The molecule has 2 heterocycles. The Hall–Kier alpha value is -1.94. The van der Waals surface area contributed by atoms with Gasteiger partial charge in [0.15, 0.2) is 0 Å². The number of hydrogen-bond donors (Lipinski definition) is 1. The largest absolute Gasteiger partial charge is 0.353 e. The van der Waals surface area contributed by atoms with E-state index in [1.165, 1.54) is 11.1 Å². The van der Waals surface area contributed by atoms with Crippen LogP contribution in [0.2, 0.25) is 0 Å². The lowest BCUT2D eigenvalue weighted by Gasteiger charge is -2.22. The third-order valence-electron chi connectivity index (χ3n) is 3.39. The molecule has 0 amide bonds. The van der Waals surface area contributed by atoms with E-state index in [-0.39, 0.29) is 0 Å². The van der Waals surface area contributed by atoms with Gasteiger partial charge in [-0.1, -0.05) is 13.0 Å². The summed E-state index contributed by atoms with van der Waals surface area (Å²) in [6, 6.07) is 8.35. The van der Waals surface area contributed by atoms with Crippen LogP contribution in [-0.2, 0) is 13.1 Å². The molecule has 2 aromatic rings. The first-order valence-electron chi connectivity index (χ1n) is 7.63. The van der Waals surface area contributed by atoms with Gasteiger partial charge in [-0.15, -0.1) is 0 Å². The maximum Gasteiger partial charge on any atom is 0.128 e. The molecule has 0 saturated heterocycles. The standard InChI is InChI=1S/C17H24N4/c1-3-9-19-12-16-5-6-17(20-13-16)21(4-2)14-15-7-10-18-11-8-15/h5-8,10-11,13,19H,3-4,9,12,14H2,1-2H3. The fourth-order valence-corrected chi connectivity index (χ4v) is 2.18. The monoisotopic (exact) mass is 284 g/mol. The Morgan fingerprint density at radius 1 is 1.05 bits per heavy atom. The molecule has 0 aliphatic heterocycles. The summed E-state index contributed by atoms with van der Waals surface area (Å²) >= 11 is 0. The second-order valence-corrected chi connectivity index (χ2v) is 5.07. The van der Waals surface area contributed by atoms with E-state index < -0.39 is 0 Å². The van der Waals surface area contributed by atoms with Gasteiger partial charge >= 0.3 is 0 Å². The van der Waals surface area contributed by atoms with Gasteiger partial charge in [0.1, 0.15) is 5.82 Å². The molecule has 0 atom stereocenters. The molecule has 0 aliphatic carbocycles. The molecule has 0 aromatic carbocycles. The third-order valence-corrected chi connectivity index (χ3v) is 3.39. The van der Waals surface area contributed by atoms with Crippen LogP contribution in [0.5, 0.6) is 0 Å². The normalized spacial score (nSPS) is 10.6. The Kier molecular flexibility index (Phi) is 6.16. The van der Waals surface area contributed by atoms with Gasteiger partial charge in [0.25, 0.3) is 0 Å². The number of anilines is 1. The topological polar surface area (TPSA) is 41.0 Å². The maximum atomic E-state index is 4.60. The van der Waals surface area contributed by atoms with E-state index in [9.17, 15) is 0 Å². The molecule has 0 fully saturated rings. The molecule has 2 rings (SSSR count). The van der Waals surface area contributed by atoms with Crippen LogP contribution >= 0.6 is 0 Å². The number of nitrogens with zero attached hydrogens (tertiary/aromatic N) is 3. The minimum absolute atomic E-state index is 0.861. The zero-order valence-corrected chi connectivity index (χ0v) is 12.9. The van der Waals surface area contributed by atoms with Crippen molar-refractivity contribution >= 4 is 5.82 Å². The molecule has 4 heteroatoms. The molecule has 0 saturated carbocycles. The fourth-order valence-electron chi connectivity index (χ4n) is 2.18. The Bertz CT molecular complexity index is 510. The van der Waals surface area contributed by atoms with Crippen LogP contribution in [0, 0.1) is 0 Å². The molecule has 21 heavy (non-hydrogen) atoms. The van der Waals surface area contributed by atoms with E-state index in [0.717, 1.165) is 38.4 Å². The van der Waals surface area contributed by atoms with E-state index in [0.29, 0.717) is 0 Å². The third kappa shape index (κ3) is 4.83. The van der Waals surface area contributed by atoms with Crippen LogP contribution in [0.25, 0.3) is 0 Å². The highest BCUT2D eigenvalue weighted by Crippen LogP contribution is 2.14. The number of hydrogen-bond acceptors (Lipinski definition) is 4. The SMILES string of the molecule is CCCNCc1ccc(N(CC)Cc2ccncc2)nc1. The molecule has 0 aliphatic rings. The van der Waals surface area contributed by atoms with Crippen molar-refractivity contribution in [2.24, 2.45) is 0 Å². The minimum Gasteiger partial charge on any atom is -0.353 e. The van der Waals surface area contributed by atoms with Crippen LogP contribution in [0.1, 0.15) is 31.4 Å². The molecular weight excluding hydrogens is 260 g/mol. The van der Waals surface area contributed by atoms with Crippen molar-refractivity contribution < 1.29 is 0 Å². The molecule has 0 unspecified atom stereocenters. The first-order valence-corrected chi connectivity index (χ1v) is 7.63. The number of pyridine rings is 2. The van der Waals surface area contributed by atoms with Gasteiger partial charge in [-0.3, -0.25) is 4.98 Å². The molecule has 0 bridgehead atoms. The summed E-state index contributed by atoms with van der Waals surface area (Å²) in [5.41, 5.74) is 2.48. The van der Waals surface area contributed by atoms with Crippen molar-refractivity contribution in [2.45, 2.75) is 33.4 Å². The van der Waals surface area contributed by atoms with Crippen LogP contribution in [0.3, 0.4) is 0 Å². The van der Waals surface area contributed by atoms with Gasteiger partial charge in [-0.2, -0.15) is 0 Å². The van der Waals surface area contributed by atoms with Crippen LogP contribution in [-0.4, -0.2) is 23.1 Å². The summed E-state index contributed by atoms with van der Waals surface area (Å²) in [4.78, 5) is 10.9. The van der Waals surface area contributed by atoms with E-state index in [4.69, 9.17) is 0 Å². The highest BCUT2D eigenvalue weighted by Gasteiger charge is 2.06. The molecule has 0 spiro atoms. The van der Waals surface area contributed by atoms with E-state index in [2.05, 4.69) is 46.2 Å². The number of rotatable bonds is 8. The average Bonchev–Trinajstić information content (AvgIpc) is 2.55. The van der Waals surface area contributed by atoms with Gasteiger partial charge in [0, 0.05) is 38.2 Å². The molecular formula is C17H24N4. The summed E-state index contributed by atoms with van der Waals surface area (Å²) in [5.74, 6) is 1.02. The summed E-state index contributed by atoms with van der Waals surface area (Å²) in [5, 5.41) is 3.39. The van der Waals surface area contributed by atoms with Crippen molar-refractivity contribution in [3.05, 3.63) is 54.0 Å². The van der Waals surface area contributed by atoms with Crippen molar-refractivity contribution in [3.63, 3.8) is 0 Å². The Labute approximate surface area is 127 Å².